The molecule has 0 bridgehead atoms. The molecule has 0 saturated carbocycles. The Kier molecular flexibility index (Phi) is 68.6. The molecule has 0 aromatic carbocycles. The second-order valence-electron chi connectivity index (χ2n) is 24.8. The fourth-order valence-electron chi connectivity index (χ4n) is 11.1. The first-order valence-corrected chi connectivity index (χ1v) is 36.6. The molecule has 1 unspecified atom stereocenters. The second-order valence-corrected chi connectivity index (χ2v) is 24.8. The summed E-state index contributed by atoms with van der Waals surface area (Å²) >= 11 is 0. The largest absolute Gasteiger partial charge is 0.462 e. The molecule has 6 heteroatoms. The Morgan fingerprint density at radius 3 is 0.744 bits per heavy atom. The van der Waals surface area contributed by atoms with E-state index in [1.165, 1.54) is 276 Å². The smallest absolute Gasteiger partial charge is 0.306 e. The average molecular weight is 1150 g/mol. The fraction of sp³-hybridized carbons (Fsp3) is 0.855. The van der Waals surface area contributed by atoms with Gasteiger partial charge in [0.05, 0.1) is 0 Å². The van der Waals surface area contributed by atoms with Gasteiger partial charge in [-0.25, -0.2) is 0 Å². The van der Waals surface area contributed by atoms with Crippen LogP contribution >= 0.6 is 0 Å². The predicted molar refractivity (Wildman–Crippen MR) is 358 cm³/mol. The average Bonchev–Trinajstić information content (AvgIpc) is 3.47. The predicted octanol–water partition coefficient (Wildman–Crippen LogP) is 25.3. The molecule has 0 saturated heterocycles. The van der Waals surface area contributed by atoms with Gasteiger partial charge in [0.2, 0.25) is 0 Å². The lowest BCUT2D eigenvalue weighted by Crippen LogP contribution is -2.30. The Morgan fingerprint density at radius 2 is 0.476 bits per heavy atom. The van der Waals surface area contributed by atoms with E-state index in [2.05, 4.69) is 69.4 Å². The van der Waals surface area contributed by atoms with Crippen molar-refractivity contribution in [1.82, 2.24) is 0 Å². The molecule has 480 valence electrons. The van der Waals surface area contributed by atoms with Gasteiger partial charge in [0.15, 0.2) is 6.10 Å². The maximum Gasteiger partial charge on any atom is 0.306 e. The number of rotatable bonds is 68. The topological polar surface area (TPSA) is 78.9 Å². The number of esters is 3. The van der Waals surface area contributed by atoms with Gasteiger partial charge in [-0.05, 0) is 57.8 Å². The third kappa shape index (κ3) is 68.2. The summed E-state index contributed by atoms with van der Waals surface area (Å²) in [6, 6.07) is 0. The molecule has 0 radical (unpaired) electrons. The molecule has 1 atom stereocenters. The van der Waals surface area contributed by atoms with E-state index in [1.54, 1.807) is 0 Å². The fourth-order valence-corrected chi connectivity index (χ4v) is 11.1. The molecule has 0 amide bonds. The molecule has 6 nitrogen and oxygen atoms in total. The summed E-state index contributed by atoms with van der Waals surface area (Å²) in [5, 5.41) is 0. The summed E-state index contributed by atoms with van der Waals surface area (Å²) in [7, 11) is 0. The molecule has 0 heterocycles. The van der Waals surface area contributed by atoms with Crippen LogP contribution in [0, 0.1) is 0 Å². The van der Waals surface area contributed by atoms with Crippen LogP contribution in [-0.2, 0) is 28.6 Å². The maximum atomic E-state index is 13.0. The van der Waals surface area contributed by atoms with Crippen LogP contribution in [0.3, 0.4) is 0 Å². The van der Waals surface area contributed by atoms with Gasteiger partial charge in [-0.3, -0.25) is 14.4 Å². The zero-order valence-corrected chi connectivity index (χ0v) is 55.3. The van der Waals surface area contributed by atoms with Gasteiger partial charge < -0.3 is 14.2 Å². The highest BCUT2D eigenvalue weighted by molar-refractivity contribution is 5.71. The quantitative estimate of drug-likeness (QED) is 0.0261. The molecule has 82 heavy (non-hydrogen) atoms. The van der Waals surface area contributed by atoms with Gasteiger partial charge in [-0.1, -0.05) is 371 Å². The molecule has 0 aliphatic heterocycles. The highest BCUT2D eigenvalue weighted by Crippen LogP contribution is 2.19. The molecule has 0 aromatic rings. The van der Waals surface area contributed by atoms with Crippen LogP contribution < -0.4 is 0 Å². The third-order valence-corrected chi connectivity index (χ3v) is 16.6. The standard InChI is InChI=1S/C76H140O6/c1-4-7-10-13-16-19-22-25-27-29-31-33-35-37-38-40-41-43-45-47-49-51-54-57-60-63-66-69-75(78)81-72-73(71-80-74(77)68-65-62-59-56-53-24-21-18-15-12-9-6-3)82-76(79)70-67-64-61-58-55-52-50-48-46-44-42-39-36-34-32-30-28-26-23-20-17-14-11-8-5-2/h7,10,16,19,25,27,31,33,73H,4-6,8-9,11-15,17-18,20-24,26,28-30,32,34-72H2,1-3H3/b10-7-,19-16-,27-25-,33-31-. The number of allylic oxidation sites excluding steroid dienone is 8. The number of carbonyl (C=O) groups is 3. The van der Waals surface area contributed by atoms with Crippen molar-refractivity contribution < 1.29 is 28.6 Å². The highest BCUT2D eigenvalue weighted by Gasteiger charge is 2.19. The Bertz CT molecular complexity index is 1410. The Hall–Kier alpha value is -2.63. The Morgan fingerprint density at radius 1 is 0.256 bits per heavy atom. The normalized spacial score (nSPS) is 12.3. The third-order valence-electron chi connectivity index (χ3n) is 16.6. The van der Waals surface area contributed by atoms with E-state index in [1.807, 2.05) is 0 Å². The number of unbranched alkanes of at least 4 members (excludes halogenated alkanes) is 49. The molecule has 0 aromatic heterocycles. The van der Waals surface area contributed by atoms with Crippen LogP contribution in [0.4, 0.5) is 0 Å². The van der Waals surface area contributed by atoms with Gasteiger partial charge in [-0.2, -0.15) is 0 Å². The minimum atomic E-state index is -0.770. The molecular weight excluding hydrogens is 1010 g/mol. The van der Waals surface area contributed by atoms with Crippen molar-refractivity contribution in [3.05, 3.63) is 48.6 Å². The second kappa shape index (κ2) is 70.9. The van der Waals surface area contributed by atoms with Crippen molar-refractivity contribution in [3.8, 4) is 0 Å². The van der Waals surface area contributed by atoms with Crippen molar-refractivity contribution in [2.24, 2.45) is 0 Å². The van der Waals surface area contributed by atoms with E-state index >= 15 is 0 Å². The van der Waals surface area contributed by atoms with E-state index in [0.29, 0.717) is 19.3 Å². The molecule has 0 spiro atoms. The number of carbonyl (C=O) groups excluding carboxylic acids is 3. The number of hydrogen-bond donors (Lipinski definition) is 0. The van der Waals surface area contributed by atoms with Crippen molar-refractivity contribution in [1.29, 1.82) is 0 Å². The lowest BCUT2D eigenvalue weighted by Gasteiger charge is -2.18. The number of hydrogen-bond acceptors (Lipinski definition) is 6. The van der Waals surface area contributed by atoms with Crippen LogP contribution in [0.2, 0.25) is 0 Å². The minimum absolute atomic E-state index is 0.0661. The van der Waals surface area contributed by atoms with E-state index in [-0.39, 0.29) is 31.1 Å². The van der Waals surface area contributed by atoms with E-state index in [0.717, 1.165) is 83.5 Å². The zero-order valence-electron chi connectivity index (χ0n) is 55.3. The van der Waals surface area contributed by atoms with Crippen LogP contribution in [0.1, 0.15) is 400 Å². The van der Waals surface area contributed by atoms with Gasteiger partial charge in [0.25, 0.3) is 0 Å². The first-order valence-electron chi connectivity index (χ1n) is 36.6. The molecular formula is C76H140O6. The molecule has 0 aliphatic carbocycles. The van der Waals surface area contributed by atoms with Gasteiger partial charge >= 0.3 is 17.9 Å². The summed E-state index contributed by atoms with van der Waals surface area (Å²) in [6.07, 6.45) is 90.1. The summed E-state index contributed by atoms with van der Waals surface area (Å²) in [5.74, 6) is -0.836. The summed E-state index contributed by atoms with van der Waals surface area (Å²) in [4.78, 5) is 38.4. The lowest BCUT2D eigenvalue weighted by molar-refractivity contribution is -0.167. The van der Waals surface area contributed by atoms with Gasteiger partial charge in [0.1, 0.15) is 13.2 Å². The summed E-state index contributed by atoms with van der Waals surface area (Å²) < 4.78 is 17.0. The van der Waals surface area contributed by atoms with Crippen molar-refractivity contribution in [3.63, 3.8) is 0 Å². The first kappa shape index (κ1) is 79.4. The van der Waals surface area contributed by atoms with Crippen LogP contribution in [0.25, 0.3) is 0 Å². The van der Waals surface area contributed by atoms with Crippen molar-refractivity contribution >= 4 is 17.9 Å². The van der Waals surface area contributed by atoms with Gasteiger partial charge in [-0.15, -0.1) is 0 Å². The zero-order chi connectivity index (χ0) is 59.2. The van der Waals surface area contributed by atoms with Crippen LogP contribution in [-0.4, -0.2) is 37.2 Å². The molecule has 0 fully saturated rings. The Labute approximate surface area is 511 Å². The molecule has 0 aliphatic rings. The number of ether oxygens (including phenoxy) is 3. The molecule has 0 N–H and O–H groups in total. The van der Waals surface area contributed by atoms with Gasteiger partial charge in [0, 0.05) is 19.3 Å². The SMILES string of the molecule is CC/C=C\C/C=C\C/C=C\C/C=C\CCCCCCCCCCCCCCCCC(=O)OCC(COC(=O)CCCCCCCCCCCCCC)OC(=O)CCCCCCCCCCCCCCCCCCCCCCCCCCC. The molecule has 0 rings (SSSR count). The summed E-state index contributed by atoms with van der Waals surface area (Å²) in [6.45, 7) is 6.60. The first-order chi connectivity index (χ1) is 40.5. The van der Waals surface area contributed by atoms with Crippen molar-refractivity contribution in [2.45, 2.75) is 406 Å². The van der Waals surface area contributed by atoms with E-state index in [9.17, 15) is 14.4 Å². The van der Waals surface area contributed by atoms with E-state index in [4.69, 9.17) is 14.2 Å². The van der Waals surface area contributed by atoms with Crippen LogP contribution in [0.5, 0.6) is 0 Å². The summed E-state index contributed by atoms with van der Waals surface area (Å²) in [5.41, 5.74) is 0. The van der Waals surface area contributed by atoms with Crippen molar-refractivity contribution in [2.75, 3.05) is 13.2 Å². The Balaban J connectivity index is 4.18. The monoisotopic (exact) mass is 1150 g/mol. The lowest BCUT2D eigenvalue weighted by atomic mass is 10.0. The van der Waals surface area contributed by atoms with Crippen LogP contribution in [0.15, 0.2) is 48.6 Å². The highest BCUT2D eigenvalue weighted by atomic mass is 16.6. The van der Waals surface area contributed by atoms with E-state index < -0.39 is 6.10 Å². The maximum absolute atomic E-state index is 13.0. The minimum Gasteiger partial charge on any atom is -0.462 e.